The molecule has 0 spiro atoms. The van der Waals surface area contributed by atoms with Gasteiger partial charge in [-0.1, -0.05) is 12.1 Å². The number of hydrogen-bond acceptors (Lipinski definition) is 5. The van der Waals surface area contributed by atoms with Crippen LogP contribution in [0.2, 0.25) is 0 Å². The Morgan fingerprint density at radius 1 is 1.18 bits per heavy atom. The Morgan fingerprint density at radius 2 is 2.00 bits per heavy atom. The van der Waals surface area contributed by atoms with Crippen molar-refractivity contribution in [1.29, 1.82) is 0 Å². The predicted molar refractivity (Wildman–Crippen MR) is 103 cm³/mol. The molecule has 28 heavy (non-hydrogen) atoms. The molecule has 0 radical (unpaired) electrons. The third-order valence-electron chi connectivity index (χ3n) is 4.07. The molecule has 1 aromatic carbocycles. The molecule has 0 saturated heterocycles. The number of carbonyl (C=O) groups is 1. The Balaban J connectivity index is 1.66. The number of nitrogens with one attached hydrogen (secondary N) is 2. The number of benzene rings is 1. The van der Waals surface area contributed by atoms with Gasteiger partial charge in [0, 0.05) is 18.9 Å². The highest BCUT2D eigenvalue weighted by atomic mass is 32.2. The maximum Gasteiger partial charge on any atom is 0.272 e. The summed E-state index contributed by atoms with van der Waals surface area (Å²) in [6.07, 6.45) is 2.98. The number of aryl methyl sites for hydroxylation is 1. The van der Waals surface area contributed by atoms with E-state index in [1.165, 1.54) is 23.9 Å². The van der Waals surface area contributed by atoms with E-state index in [1.54, 1.807) is 31.5 Å². The zero-order chi connectivity index (χ0) is 20.1. The van der Waals surface area contributed by atoms with Gasteiger partial charge in [-0.25, -0.2) is 13.1 Å². The molecule has 2 aromatic heterocycles. The minimum atomic E-state index is -3.62. The molecular formula is C19H21N3O5S. The molecule has 0 bridgehead atoms. The predicted octanol–water partition coefficient (Wildman–Crippen LogP) is 2.50. The molecule has 8 nitrogen and oxygen atoms in total. The van der Waals surface area contributed by atoms with Crippen molar-refractivity contribution in [2.24, 2.45) is 7.05 Å². The van der Waals surface area contributed by atoms with E-state index >= 15 is 0 Å². The van der Waals surface area contributed by atoms with Crippen molar-refractivity contribution in [3.63, 3.8) is 0 Å². The Labute approximate surface area is 163 Å². The second-order valence-electron chi connectivity index (χ2n) is 6.11. The fourth-order valence-corrected chi connectivity index (χ4v) is 3.42. The number of sulfonamides is 1. The van der Waals surface area contributed by atoms with E-state index in [2.05, 4.69) is 10.0 Å². The van der Waals surface area contributed by atoms with E-state index in [9.17, 15) is 13.2 Å². The first kappa shape index (κ1) is 19.9. The van der Waals surface area contributed by atoms with E-state index in [1.807, 2.05) is 18.2 Å². The molecule has 0 aliphatic carbocycles. The van der Waals surface area contributed by atoms with Crippen molar-refractivity contribution < 1.29 is 22.4 Å². The largest absolute Gasteiger partial charge is 0.467 e. The third kappa shape index (κ3) is 4.69. The van der Waals surface area contributed by atoms with E-state index in [0.29, 0.717) is 18.9 Å². The molecule has 0 fully saturated rings. The number of hydrogen-bond donors (Lipinski definition) is 2. The molecule has 0 aliphatic rings. The highest BCUT2D eigenvalue weighted by Gasteiger charge is 2.19. The fraction of sp³-hybridized carbons (Fsp3) is 0.211. The van der Waals surface area contributed by atoms with Gasteiger partial charge in [0.05, 0.1) is 12.9 Å². The lowest BCUT2D eigenvalue weighted by molar-refractivity contribution is 0.0929. The summed E-state index contributed by atoms with van der Waals surface area (Å²) in [5.74, 6) is 0.328. The van der Waals surface area contributed by atoms with Crippen LogP contribution in [0, 0.1) is 0 Å². The molecule has 148 valence electrons. The number of anilines is 1. The number of rotatable bonds is 8. The van der Waals surface area contributed by atoms with E-state index in [4.69, 9.17) is 9.15 Å². The Kier molecular flexibility index (Phi) is 5.98. The van der Waals surface area contributed by atoms with Crippen molar-refractivity contribution in [2.45, 2.75) is 18.1 Å². The van der Waals surface area contributed by atoms with Crippen LogP contribution in [0.25, 0.3) is 0 Å². The van der Waals surface area contributed by atoms with E-state index in [0.717, 1.165) is 11.3 Å². The van der Waals surface area contributed by atoms with E-state index in [-0.39, 0.29) is 10.6 Å². The zero-order valence-corrected chi connectivity index (χ0v) is 16.3. The van der Waals surface area contributed by atoms with Crippen molar-refractivity contribution in [2.75, 3.05) is 12.4 Å². The van der Waals surface area contributed by atoms with Crippen LogP contribution in [0.3, 0.4) is 0 Å². The summed E-state index contributed by atoms with van der Waals surface area (Å²) in [6, 6.07) is 12.2. The van der Waals surface area contributed by atoms with Crippen LogP contribution in [0.15, 0.2) is 64.2 Å². The maximum atomic E-state index is 12.6. The van der Waals surface area contributed by atoms with E-state index < -0.39 is 15.9 Å². The molecule has 0 aliphatic heterocycles. The first-order valence-corrected chi connectivity index (χ1v) is 9.97. The second-order valence-corrected chi connectivity index (χ2v) is 7.99. The third-order valence-corrected chi connectivity index (χ3v) is 5.45. The molecule has 0 unspecified atom stereocenters. The van der Waals surface area contributed by atoms with Gasteiger partial charge in [-0.3, -0.25) is 4.79 Å². The van der Waals surface area contributed by atoms with Gasteiger partial charge in [0.2, 0.25) is 10.0 Å². The van der Waals surface area contributed by atoms with Crippen LogP contribution >= 0.6 is 0 Å². The Bertz CT molecular complexity index is 1060. The lowest BCUT2D eigenvalue weighted by Gasteiger charge is -2.08. The van der Waals surface area contributed by atoms with Gasteiger partial charge >= 0.3 is 0 Å². The molecule has 0 atom stereocenters. The lowest BCUT2D eigenvalue weighted by Crippen LogP contribution is -2.18. The minimum Gasteiger partial charge on any atom is -0.467 e. The molecular weight excluding hydrogens is 382 g/mol. The van der Waals surface area contributed by atoms with Crippen LogP contribution < -0.4 is 10.0 Å². The SMILES string of the molecule is CNS(=O)(=O)c1cc(C(=O)Nc2cccc(COCc3ccco3)c2)n(C)c1. The van der Waals surface area contributed by atoms with Gasteiger partial charge in [-0.2, -0.15) is 0 Å². The van der Waals surface area contributed by atoms with Crippen molar-refractivity contribution >= 4 is 21.6 Å². The summed E-state index contributed by atoms with van der Waals surface area (Å²) in [5.41, 5.74) is 1.70. The average molecular weight is 403 g/mol. The topological polar surface area (TPSA) is 103 Å². The molecule has 0 saturated carbocycles. The summed E-state index contributed by atoms with van der Waals surface area (Å²) < 4.78 is 38.3. The van der Waals surface area contributed by atoms with Gasteiger partial charge < -0.3 is 19.0 Å². The lowest BCUT2D eigenvalue weighted by atomic mass is 10.2. The van der Waals surface area contributed by atoms with Gasteiger partial charge in [-0.15, -0.1) is 0 Å². The number of carbonyl (C=O) groups excluding carboxylic acids is 1. The second kappa shape index (κ2) is 8.42. The van der Waals surface area contributed by atoms with Gasteiger partial charge in [0.1, 0.15) is 23.0 Å². The monoisotopic (exact) mass is 403 g/mol. The average Bonchev–Trinajstić information content (AvgIpc) is 3.32. The number of ether oxygens (including phenoxy) is 1. The highest BCUT2D eigenvalue weighted by molar-refractivity contribution is 7.89. The summed E-state index contributed by atoms with van der Waals surface area (Å²) in [4.78, 5) is 12.6. The molecule has 3 aromatic rings. The fourth-order valence-electron chi connectivity index (χ4n) is 2.62. The van der Waals surface area contributed by atoms with Gasteiger partial charge in [0.25, 0.3) is 5.91 Å². The molecule has 3 rings (SSSR count). The van der Waals surface area contributed by atoms with Crippen LogP contribution in [0.5, 0.6) is 0 Å². The first-order chi connectivity index (χ1) is 13.4. The van der Waals surface area contributed by atoms with Crippen LogP contribution in [-0.4, -0.2) is 25.9 Å². The summed E-state index contributed by atoms with van der Waals surface area (Å²) in [6.45, 7) is 0.717. The van der Waals surface area contributed by atoms with Crippen molar-refractivity contribution in [1.82, 2.24) is 9.29 Å². The Morgan fingerprint density at radius 3 is 2.71 bits per heavy atom. The Hall–Kier alpha value is -2.88. The van der Waals surface area contributed by atoms with Crippen LogP contribution in [0.4, 0.5) is 5.69 Å². The minimum absolute atomic E-state index is 0.0303. The van der Waals surface area contributed by atoms with Crippen molar-refractivity contribution in [3.8, 4) is 0 Å². The number of furan rings is 1. The van der Waals surface area contributed by atoms with Crippen molar-refractivity contribution in [3.05, 3.63) is 71.9 Å². The summed E-state index contributed by atoms with van der Waals surface area (Å²) >= 11 is 0. The number of aromatic nitrogens is 1. The number of nitrogens with zero attached hydrogens (tertiary/aromatic N) is 1. The van der Waals surface area contributed by atoms with Crippen LogP contribution in [-0.2, 0) is 35.0 Å². The maximum absolute atomic E-state index is 12.6. The van der Waals surface area contributed by atoms with Crippen LogP contribution in [0.1, 0.15) is 21.8 Å². The normalized spacial score (nSPS) is 11.5. The molecule has 9 heteroatoms. The van der Waals surface area contributed by atoms with Gasteiger partial charge in [-0.05, 0) is 42.9 Å². The standard InChI is InChI=1S/C19H21N3O5S/c1-20-28(24,25)17-10-18(22(2)11-17)19(23)21-15-6-3-5-14(9-15)12-26-13-16-7-4-8-27-16/h3-11,20H,12-13H2,1-2H3,(H,21,23). The molecule has 1 amide bonds. The summed E-state index contributed by atoms with van der Waals surface area (Å²) in [5, 5.41) is 2.78. The highest BCUT2D eigenvalue weighted by Crippen LogP contribution is 2.17. The van der Waals surface area contributed by atoms with Gasteiger partial charge in [0.15, 0.2) is 0 Å². The summed E-state index contributed by atoms with van der Waals surface area (Å²) in [7, 11) is -0.682. The molecule has 2 heterocycles. The number of amides is 1. The molecule has 2 N–H and O–H groups in total. The first-order valence-electron chi connectivity index (χ1n) is 8.49. The quantitative estimate of drug-likeness (QED) is 0.602. The smallest absolute Gasteiger partial charge is 0.272 e. The zero-order valence-electron chi connectivity index (χ0n) is 15.5.